The molecule has 0 radical (unpaired) electrons. The molecule has 2 heterocycles. The van der Waals surface area contributed by atoms with Crippen molar-refractivity contribution < 1.29 is 4.79 Å². The molecule has 0 saturated carbocycles. The van der Waals surface area contributed by atoms with E-state index in [0.717, 1.165) is 32.2 Å². The molecule has 31 heavy (non-hydrogen) atoms. The molecule has 1 amide bonds. The number of hydrogen-bond donors (Lipinski definition) is 0. The second-order valence-corrected chi connectivity index (χ2v) is 9.62. The first-order chi connectivity index (χ1) is 15.1. The molecule has 4 nitrogen and oxygen atoms in total. The fraction of sp³-hybridized carbons (Fsp3) is 0.208. The number of rotatable bonds is 8. The summed E-state index contributed by atoms with van der Waals surface area (Å²) in [6.07, 6.45) is 4.87. The number of benzene rings is 2. The number of hydrogen-bond acceptors (Lipinski definition) is 5. The summed E-state index contributed by atoms with van der Waals surface area (Å²) >= 11 is 9.17. The van der Waals surface area contributed by atoms with E-state index in [2.05, 4.69) is 30.1 Å². The van der Waals surface area contributed by atoms with Gasteiger partial charge < -0.3 is 0 Å². The molecule has 0 aliphatic rings. The molecule has 7 heteroatoms. The molecule has 0 spiro atoms. The van der Waals surface area contributed by atoms with Crippen LogP contribution in [0.5, 0.6) is 0 Å². The largest absolute Gasteiger partial charge is 0.284 e. The van der Waals surface area contributed by atoms with Gasteiger partial charge in [0.1, 0.15) is 0 Å². The number of fused-ring (bicyclic) bond motifs is 1. The summed E-state index contributed by atoms with van der Waals surface area (Å²) in [6.45, 7) is 2.58. The molecule has 0 fully saturated rings. The minimum absolute atomic E-state index is 0.0578. The zero-order valence-electron chi connectivity index (χ0n) is 17.1. The molecule has 0 aliphatic carbocycles. The molecule has 4 rings (SSSR count). The van der Waals surface area contributed by atoms with Gasteiger partial charge in [-0.2, -0.15) is 0 Å². The van der Waals surface area contributed by atoms with Crippen LogP contribution in [0, 0.1) is 0 Å². The third kappa shape index (κ3) is 5.45. The highest BCUT2D eigenvalue weighted by molar-refractivity contribution is 7.99. The Balaban J connectivity index is 1.55. The van der Waals surface area contributed by atoms with E-state index in [-0.39, 0.29) is 5.91 Å². The molecule has 0 bridgehead atoms. The van der Waals surface area contributed by atoms with Crippen molar-refractivity contribution in [3.8, 4) is 0 Å². The first-order valence-corrected chi connectivity index (χ1v) is 12.3. The summed E-state index contributed by atoms with van der Waals surface area (Å²) < 4.78 is 1.11. The molecule has 2 aromatic carbocycles. The van der Waals surface area contributed by atoms with Crippen molar-refractivity contribution in [2.45, 2.75) is 31.2 Å². The van der Waals surface area contributed by atoms with Crippen LogP contribution in [0.15, 0.2) is 71.9 Å². The minimum Gasteiger partial charge on any atom is -0.284 e. The quantitative estimate of drug-likeness (QED) is 0.273. The summed E-state index contributed by atoms with van der Waals surface area (Å²) in [4.78, 5) is 25.2. The van der Waals surface area contributed by atoms with Crippen molar-refractivity contribution in [3.05, 3.63) is 83.1 Å². The lowest BCUT2D eigenvalue weighted by molar-refractivity contribution is -0.118. The van der Waals surface area contributed by atoms with Gasteiger partial charge in [0.15, 0.2) is 5.13 Å². The number of aryl methyl sites for hydroxylation is 1. The Bertz CT molecular complexity index is 1160. The fourth-order valence-corrected chi connectivity index (χ4v) is 5.25. The van der Waals surface area contributed by atoms with E-state index in [9.17, 15) is 4.79 Å². The normalized spacial score (nSPS) is 11.0. The van der Waals surface area contributed by atoms with Crippen LogP contribution in [-0.4, -0.2) is 21.6 Å². The van der Waals surface area contributed by atoms with Crippen LogP contribution in [0.4, 0.5) is 5.13 Å². The van der Waals surface area contributed by atoms with E-state index in [1.165, 1.54) is 5.56 Å². The van der Waals surface area contributed by atoms with Crippen molar-refractivity contribution in [2.75, 3.05) is 10.7 Å². The minimum atomic E-state index is 0.0578. The van der Waals surface area contributed by atoms with E-state index < -0.39 is 0 Å². The summed E-state index contributed by atoms with van der Waals surface area (Å²) in [6, 6.07) is 17.8. The maximum absolute atomic E-state index is 13.3. The molecule has 0 saturated heterocycles. The van der Waals surface area contributed by atoms with Gasteiger partial charge in [0.2, 0.25) is 5.91 Å². The van der Waals surface area contributed by atoms with Gasteiger partial charge in [-0.05, 0) is 53.9 Å². The zero-order valence-corrected chi connectivity index (χ0v) is 19.5. The average Bonchev–Trinajstić information content (AvgIpc) is 3.23. The number of amides is 1. The van der Waals surface area contributed by atoms with E-state index >= 15 is 0 Å². The lowest BCUT2D eigenvalue weighted by Crippen LogP contribution is -2.30. The summed E-state index contributed by atoms with van der Waals surface area (Å²) in [5.74, 6) is 0.747. The van der Waals surface area contributed by atoms with Gasteiger partial charge in [0, 0.05) is 34.5 Å². The van der Waals surface area contributed by atoms with Crippen LogP contribution in [0.2, 0.25) is 5.02 Å². The van der Waals surface area contributed by atoms with E-state index in [4.69, 9.17) is 16.6 Å². The van der Waals surface area contributed by atoms with Gasteiger partial charge in [-0.25, -0.2) is 4.98 Å². The Morgan fingerprint density at radius 3 is 2.71 bits per heavy atom. The Morgan fingerprint density at radius 2 is 1.97 bits per heavy atom. The highest BCUT2D eigenvalue weighted by atomic mass is 35.5. The summed E-state index contributed by atoms with van der Waals surface area (Å²) in [5, 5.41) is 1.45. The predicted molar refractivity (Wildman–Crippen MR) is 131 cm³/mol. The van der Waals surface area contributed by atoms with E-state index in [1.807, 2.05) is 36.4 Å². The summed E-state index contributed by atoms with van der Waals surface area (Å²) in [7, 11) is 0. The Hall–Kier alpha value is -2.41. The van der Waals surface area contributed by atoms with Crippen molar-refractivity contribution in [3.63, 3.8) is 0 Å². The monoisotopic (exact) mass is 467 g/mol. The number of anilines is 1. The van der Waals surface area contributed by atoms with Gasteiger partial charge in [-0.15, -0.1) is 11.8 Å². The number of thioether (sulfide) groups is 1. The highest BCUT2D eigenvalue weighted by Crippen LogP contribution is 2.32. The molecule has 4 aromatic rings. The lowest BCUT2D eigenvalue weighted by atomic mass is 10.1. The zero-order chi connectivity index (χ0) is 21.6. The Labute approximate surface area is 195 Å². The standard InChI is InChI=1S/C24H22ClN3OS2/c1-2-18-6-3-7-21-23(18)27-24(31-21)28(16-17-5-4-13-26-15-17)22(29)12-14-30-20-10-8-19(25)9-11-20/h3-11,13,15H,2,12,14,16H2,1H3. The highest BCUT2D eigenvalue weighted by Gasteiger charge is 2.21. The van der Waals surface area contributed by atoms with Crippen LogP contribution in [0.3, 0.4) is 0 Å². The van der Waals surface area contributed by atoms with Gasteiger partial charge in [0.05, 0.1) is 16.8 Å². The third-order valence-electron chi connectivity index (χ3n) is 4.87. The van der Waals surface area contributed by atoms with Crippen LogP contribution >= 0.6 is 34.7 Å². The third-order valence-corrected chi connectivity index (χ3v) is 7.18. The number of halogens is 1. The molecular weight excluding hydrogens is 446 g/mol. The molecule has 0 unspecified atom stereocenters. The fourth-order valence-electron chi connectivity index (χ4n) is 3.25. The maximum Gasteiger partial charge on any atom is 0.229 e. The predicted octanol–water partition coefficient (Wildman–Crippen LogP) is 6.62. The Kier molecular flexibility index (Phi) is 7.22. The van der Waals surface area contributed by atoms with Gasteiger partial charge >= 0.3 is 0 Å². The number of pyridine rings is 1. The average molecular weight is 468 g/mol. The maximum atomic E-state index is 13.3. The number of para-hydroxylation sites is 1. The Morgan fingerprint density at radius 1 is 1.13 bits per heavy atom. The van der Waals surface area contributed by atoms with Crippen molar-refractivity contribution in [1.82, 2.24) is 9.97 Å². The van der Waals surface area contributed by atoms with Crippen molar-refractivity contribution in [1.29, 1.82) is 0 Å². The molecule has 2 aromatic heterocycles. The van der Waals surface area contributed by atoms with E-state index in [0.29, 0.717) is 23.7 Å². The smallest absolute Gasteiger partial charge is 0.229 e. The number of nitrogens with zero attached hydrogens (tertiary/aromatic N) is 3. The number of carbonyl (C=O) groups excluding carboxylic acids is 1. The van der Waals surface area contributed by atoms with Gasteiger partial charge in [-0.3, -0.25) is 14.7 Å². The number of carbonyl (C=O) groups is 1. The first-order valence-electron chi connectivity index (χ1n) is 10.1. The molecule has 0 aliphatic heterocycles. The molecule has 0 atom stereocenters. The van der Waals surface area contributed by atoms with Crippen LogP contribution in [0.25, 0.3) is 10.2 Å². The SMILES string of the molecule is CCc1cccc2sc(N(Cc3cccnc3)C(=O)CCSc3ccc(Cl)cc3)nc12. The second kappa shape index (κ2) is 10.3. The number of aromatic nitrogens is 2. The molecule has 0 N–H and O–H groups in total. The van der Waals surface area contributed by atoms with E-state index in [1.54, 1.807) is 40.4 Å². The lowest BCUT2D eigenvalue weighted by Gasteiger charge is -2.20. The van der Waals surface area contributed by atoms with Crippen LogP contribution in [0.1, 0.15) is 24.5 Å². The molecular formula is C24H22ClN3OS2. The van der Waals surface area contributed by atoms with Crippen LogP contribution in [-0.2, 0) is 17.8 Å². The topological polar surface area (TPSA) is 46.1 Å². The van der Waals surface area contributed by atoms with Crippen molar-refractivity contribution >= 4 is 56.0 Å². The van der Waals surface area contributed by atoms with Crippen molar-refractivity contribution in [2.24, 2.45) is 0 Å². The first kappa shape index (κ1) is 21.8. The second-order valence-electron chi connectivity index (χ2n) is 7.01. The summed E-state index contributed by atoms with van der Waals surface area (Å²) in [5.41, 5.74) is 3.17. The number of thiazole rings is 1. The van der Waals surface area contributed by atoms with Gasteiger partial charge in [-0.1, -0.05) is 48.1 Å². The van der Waals surface area contributed by atoms with Crippen LogP contribution < -0.4 is 4.90 Å². The molecule has 158 valence electrons. The van der Waals surface area contributed by atoms with Gasteiger partial charge in [0.25, 0.3) is 0 Å².